The molecule has 92 valence electrons. The van der Waals surface area contributed by atoms with Crippen molar-refractivity contribution in [1.82, 2.24) is 15.4 Å². The van der Waals surface area contributed by atoms with Gasteiger partial charge in [0.25, 0.3) is 5.91 Å². The highest BCUT2D eigenvalue weighted by atomic mass is 35.5. The number of rotatable bonds is 2. The van der Waals surface area contributed by atoms with Gasteiger partial charge in [0.05, 0.1) is 16.9 Å². The number of carbonyl (C=O) groups excluding carboxylic acids is 1. The maximum Gasteiger partial charge on any atom is 0.277 e. The fourth-order valence-corrected chi connectivity index (χ4v) is 1.71. The molecule has 3 rings (SSSR count). The van der Waals surface area contributed by atoms with Gasteiger partial charge in [-0.05, 0) is 0 Å². The van der Waals surface area contributed by atoms with E-state index in [0.29, 0.717) is 22.2 Å². The van der Waals surface area contributed by atoms with E-state index in [9.17, 15) is 4.79 Å². The number of aromatic amines is 1. The van der Waals surface area contributed by atoms with Gasteiger partial charge in [-0.25, -0.2) is 0 Å². The first kappa shape index (κ1) is 10.8. The first-order valence-electron chi connectivity index (χ1n) is 5.00. The fourth-order valence-electron chi connectivity index (χ4n) is 1.51. The molecule has 0 saturated carbocycles. The van der Waals surface area contributed by atoms with Crippen LogP contribution in [-0.2, 0) is 0 Å². The fraction of sp³-hybridized carbons (Fsp3) is 0.100. The van der Waals surface area contributed by atoms with E-state index in [1.54, 1.807) is 12.1 Å². The molecule has 18 heavy (non-hydrogen) atoms. The van der Waals surface area contributed by atoms with Crippen molar-refractivity contribution in [1.29, 1.82) is 0 Å². The predicted octanol–water partition coefficient (Wildman–Crippen LogP) is 1.44. The molecule has 0 atom stereocenters. The summed E-state index contributed by atoms with van der Waals surface area (Å²) in [5.74, 6) is 0.679. The van der Waals surface area contributed by atoms with Crippen LogP contribution in [0.2, 0.25) is 5.02 Å². The van der Waals surface area contributed by atoms with E-state index in [1.807, 2.05) is 0 Å². The Morgan fingerprint density at radius 1 is 1.39 bits per heavy atom. The second-order valence-electron chi connectivity index (χ2n) is 3.49. The van der Waals surface area contributed by atoms with E-state index in [4.69, 9.17) is 21.1 Å². The Bertz CT molecular complexity index is 599. The number of carbonyl (C=O) groups is 1. The highest BCUT2D eigenvalue weighted by molar-refractivity contribution is 6.34. The highest BCUT2D eigenvalue weighted by Gasteiger charge is 2.18. The molecule has 0 unspecified atom stereocenters. The number of ether oxygens (including phenoxy) is 2. The van der Waals surface area contributed by atoms with Crippen molar-refractivity contribution in [3.8, 4) is 11.5 Å². The first-order chi connectivity index (χ1) is 8.74. The summed E-state index contributed by atoms with van der Waals surface area (Å²) >= 11 is 6.02. The summed E-state index contributed by atoms with van der Waals surface area (Å²) in [5.41, 5.74) is 0.595. The molecule has 0 bridgehead atoms. The Morgan fingerprint density at radius 3 is 2.89 bits per heavy atom. The number of anilines is 1. The average Bonchev–Trinajstić information content (AvgIpc) is 2.98. The Kier molecular flexibility index (Phi) is 2.52. The average molecular weight is 267 g/mol. The summed E-state index contributed by atoms with van der Waals surface area (Å²) in [4.78, 5) is 11.8. The molecule has 1 aliphatic rings. The van der Waals surface area contributed by atoms with Crippen LogP contribution < -0.4 is 14.8 Å². The van der Waals surface area contributed by atoms with Gasteiger partial charge < -0.3 is 14.8 Å². The van der Waals surface area contributed by atoms with E-state index < -0.39 is 5.91 Å². The van der Waals surface area contributed by atoms with Crippen molar-refractivity contribution in [3.63, 3.8) is 0 Å². The third kappa shape index (κ3) is 1.84. The van der Waals surface area contributed by atoms with Crippen LogP contribution in [0.4, 0.5) is 5.69 Å². The molecule has 1 aromatic heterocycles. The van der Waals surface area contributed by atoms with Crippen LogP contribution in [0.3, 0.4) is 0 Å². The number of hydrogen-bond acceptors (Lipinski definition) is 5. The van der Waals surface area contributed by atoms with Gasteiger partial charge in [-0.15, -0.1) is 0 Å². The maximum atomic E-state index is 11.8. The number of fused-ring (bicyclic) bond motifs is 1. The van der Waals surface area contributed by atoms with Gasteiger partial charge in [-0.3, -0.25) is 4.79 Å². The summed E-state index contributed by atoms with van der Waals surface area (Å²) < 4.78 is 10.4. The number of halogens is 1. The van der Waals surface area contributed by atoms with Gasteiger partial charge in [0, 0.05) is 12.1 Å². The molecular weight excluding hydrogens is 260 g/mol. The topological polar surface area (TPSA) is 89.1 Å². The lowest BCUT2D eigenvalue weighted by molar-refractivity contribution is 0.102. The minimum atomic E-state index is -0.412. The third-order valence-electron chi connectivity index (χ3n) is 2.36. The van der Waals surface area contributed by atoms with Crippen molar-refractivity contribution in [3.05, 3.63) is 29.0 Å². The van der Waals surface area contributed by atoms with Crippen LogP contribution in [0.1, 0.15) is 10.5 Å². The summed E-state index contributed by atoms with van der Waals surface area (Å²) in [7, 11) is 0. The Morgan fingerprint density at radius 2 is 2.17 bits per heavy atom. The van der Waals surface area contributed by atoms with Crippen molar-refractivity contribution >= 4 is 23.2 Å². The molecular formula is C10H7ClN4O3. The molecule has 0 saturated heterocycles. The predicted molar refractivity (Wildman–Crippen MR) is 61.9 cm³/mol. The zero-order chi connectivity index (χ0) is 12.5. The van der Waals surface area contributed by atoms with Crippen LogP contribution in [-0.4, -0.2) is 28.1 Å². The number of benzene rings is 1. The van der Waals surface area contributed by atoms with Crippen molar-refractivity contribution in [2.24, 2.45) is 0 Å². The number of hydrogen-bond donors (Lipinski definition) is 2. The van der Waals surface area contributed by atoms with Gasteiger partial charge in [0.15, 0.2) is 17.2 Å². The smallest absolute Gasteiger partial charge is 0.277 e. The molecule has 0 aliphatic carbocycles. The molecule has 2 N–H and O–H groups in total. The molecule has 0 radical (unpaired) electrons. The van der Waals surface area contributed by atoms with Crippen LogP contribution in [0.5, 0.6) is 11.5 Å². The third-order valence-corrected chi connectivity index (χ3v) is 2.67. The summed E-state index contributed by atoms with van der Waals surface area (Å²) in [6.45, 7) is 0.145. The molecule has 2 heterocycles. The van der Waals surface area contributed by atoms with Gasteiger partial charge in [0.2, 0.25) is 6.79 Å². The molecule has 8 heteroatoms. The SMILES string of the molecule is O=C(Nc1cc2c(cc1Cl)OCO2)c1cn[nH]n1. The zero-order valence-corrected chi connectivity index (χ0v) is 9.69. The van der Waals surface area contributed by atoms with Crippen molar-refractivity contribution < 1.29 is 14.3 Å². The van der Waals surface area contributed by atoms with E-state index in [1.165, 1.54) is 6.20 Å². The second-order valence-corrected chi connectivity index (χ2v) is 3.90. The summed E-state index contributed by atoms with van der Waals surface area (Å²) in [6.07, 6.45) is 1.32. The molecule has 0 fully saturated rings. The molecule has 2 aromatic rings. The van der Waals surface area contributed by atoms with E-state index in [0.717, 1.165) is 0 Å². The van der Waals surface area contributed by atoms with E-state index in [2.05, 4.69) is 20.7 Å². The molecule has 7 nitrogen and oxygen atoms in total. The Balaban J connectivity index is 1.87. The first-order valence-corrected chi connectivity index (χ1v) is 5.38. The van der Waals surface area contributed by atoms with Crippen LogP contribution in [0.15, 0.2) is 18.3 Å². The van der Waals surface area contributed by atoms with Crippen molar-refractivity contribution in [2.75, 3.05) is 12.1 Å². The molecule has 1 amide bonds. The minimum absolute atomic E-state index is 0.145. The van der Waals surface area contributed by atoms with E-state index >= 15 is 0 Å². The minimum Gasteiger partial charge on any atom is -0.454 e. The van der Waals surface area contributed by atoms with Gasteiger partial charge in [-0.2, -0.15) is 15.4 Å². The second kappa shape index (κ2) is 4.19. The number of nitrogens with zero attached hydrogens (tertiary/aromatic N) is 2. The quantitative estimate of drug-likeness (QED) is 0.858. The number of nitrogens with one attached hydrogen (secondary N) is 2. The molecule has 1 aromatic carbocycles. The van der Waals surface area contributed by atoms with Gasteiger partial charge in [-0.1, -0.05) is 11.6 Å². The monoisotopic (exact) mass is 266 g/mol. The number of amides is 1. The maximum absolute atomic E-state index is 11.8. The lowest BCUT2D eigenvalue weighted by Gasteiger charge is -2.06. The Hall–Kier alpha value is -2.28. The van der Waals surface area contributed by atoms with Crippen LogP contribution in [0, 0.1) is 0 Å². The zero-order valence-electron chi connectivity index (χ0n) is 8.94. The highest BCUT2D eigenvalue weighted by Crippen LogP contribution is 2.39. The summed E-state index contributed by atoms with van der Waals surface area (Å²) in [6, 6.07) is 3.19. The normalized spacial score (nSPS) is 12.5. The van der Waals surface area contributed by atoms with E-state index in [-0.39, 0.29) is 12.5 Å². The van der Waals surface area contributed by atoms with Crippen LogP contribution in [0.25, 0.3) is 0 Å². The summed E-state index contributed by atoms with van der Waals surface area (Å²) in [5, 5.41) is 12.5. The number of aromatic nitrogens is 3. The van der Waals surface area contributed by atoms with Gasteiger partial charge in [0.1, 0.15) is 0 Å². The standard InChI is InChI=1S/C10H7ClN4O3/c11-5-1-8-9(18-4-17-8)2-6(5)13-10(16)7-3-12-15-14-7/h1-3H,4H2,(H,13,16)(H,12,14,15). The van der Waals surface area contributed by atoms with Crippen LogP contribution >= 0.6 is 11.6 Å². The lowest BCUT2D eigenvalue weighted by atomic mass is 10.2. The lowest BCUT2D eigenvalue weighted by Crippen LogP contribution is -2.12. The largest absolute Gasteiger partial charge is 0.454 e. The molecule has 0 spiro atoms. The van der Waals surface area contributed by atoms with Crippen molar-refractivity contribution in [2.45, 2.75) is 0 Å². The molecule has 1 aliphatic heterocycles. The Labute approximate surface area is 106 Å². The number of H-pyrrole nitrogens is 1. The van der Waals surface area contributed by atoms with Gasteiger partial charge >= 0.3 is 0 Å².